The fourth-order valence-electron chi connectivity index (χ4n) is 3.78. The number of amides is 1. The van der Waals surface area contributed by atoms with Crippen molar-refractivity contribution in [3.8, 4) is 0 Å². The maximum Gasteiger partial charge on any atom is 0.310 e. The van der Waals surface area contributed by atoms with Crippen LogP contribution in [0.25, 0.3) is 10.9 Å². The molecule has 0 spiro atoms. The van der Waals surface area contributed by atoms with Gasteiger partial charge in [-0.05, 0) is 36.8 Å². The van der Waals surface area contributed by atoms with E-state index in [4.69, 9.17) is 39.5 Å². The lowest BCUT2D eigenvalue weighted by atomic mass is 9.86. The lowest BCUT2D eigenvalue weighted by Crippen LogP contribution is -2.59. The molecule has 3 aromatic rings. The molecule has 1 unspecified atom stereocenters. The molecule has 2 N–H and O–H groups in total. The number of aryl methyl sites for hydroxylation is 1. The van der Waals surface area contributed by atoms with Gasteiger partial charge in [0.25, 0.3) is 5.91 Å². The van der Waals surface area contributed by atoms with Gasteiger partial charge >= 0.3 is 5.97 Å². The molecule has 2 aromatic carbocycles. The van der Waals surface area contributed by atoms with E-state index >= 15 is 0 Å². The van der Waals surface area contributed by atoms with E-state index in [2.05, 4.69) is 5.32 Å². The van der Waals surface area contributed by atoms with Crippen LogP contribution < -0.4 is 5.32 Å². The van der Waals surface area contributed by atoms with Crippen molar-refractivity contribution < 1.29 is 19.4 Å². The van der Waals surface area contributed by atoms with Gasteiger partial charge in [0.05, 0.1) is 29.2 Å². The van der Waals surface area contributed by atoms with Crippen molar-refractivity contribution >= 4 is 57.6 Å². The van der Waals surface area contributed by atoms with Gasteiger partial charge in [0.15, 0.2) is 0 Å². The van der Waals surface area contributed by atoms with Gasteiger partial charge in [0, 0.05) is 28.5 Å². The first-order valence-electron chi connectivity index (χ1n) is 9.51. The first kappa shape index (κ1) is 22.0. The minimum absolute atomic E-state index is 0.253. The fraction of sp³-hybridized carbons (Fsp3) is 0.273. The van der Waals surface area contributed by atoms with Crippen LogP contribution in [0, 0.1) is 0 Å². The molecule has 1 amide bonds. The Kier molecular flexibility index (Phi) is 5.68. The number of nitrogens with zero attached hydrogens (tertiary/aromatic N) is 1. The molecule has 1 aliphatic rings. The largest absolute Gasteiger partial charge is 0.481 e. The molecular weight excluding hydrogens is 463 g/mol. The average Bonchev–Trinajstić information content (AvgIpc) is 3.04. The van der Waals surface area contributed by atoms with Crippen LogP contribution in [0.15, 0.2) is 36.4 Å². The van der Waals surface area contributed by atoms with Gasteiger partial charge in [-0.15, -0.1) is 0 Å². The van der Waals surface area contributed by atoms with Gasteiger partial charge in [-0.25, -0.2) is 0 Å². The SMILES string of the molecule is CC(C(=O)O)c1ccc(C2(NC(=O)c3cc4c(Cl)c(Cl)ccc4n3C)COC2)c(Cl)c1. The predicted octanol–water partition coefficient (Wildman–Crippen LogP) is 4.98. The van der Waals surface area contributed by atoms with Crippen LogP contribution in [0.1, 0.15) is 34.5 Å². The topological polar surface area (TPSA) is 80.6 Å². The standard InChI is InChI=1S/C22H19Cl3N2O4/c1-11(21(29)30)12-3-4-14(16(24)7-12)22(9-31-10-22)26-20(28)18-8-13-17(27(18)2)6-5-15(23)19(13)25/h3-8,11H,9-10H2,1-2H3,(H,26,28)(H,29,30). The third-order valence-electron chi connectivity index (χ3n) is 5.77. The second kappa shape index (κ2) is 8.02. The third-order valence-corrected chi connectivity index (χ3v) is 6.91. The van der Waals surface area contributed by atoms with Crippen LogP contribution in [0.4, 0.5) is 0 Å². The van der Waals surface area contributed by atoms with E-state index in [1.165, 1.54) is 0 Å². The summed E-state index contributed by atoms with van der Waals surface area (Å²) in [5.41, 5.74) is 1.65. The zero-order valence-corrected chi connectivity index (χ0v) is 19.0. The van der Waals surface area contributed by atoms with Gasteiger partial charge in [-0.3, -0.25) is 9.59 Å². The number of benzene rings is 2. The molecule has 9 heteroatoms. The lowest BCUT2D eigenvalue weighted by Gasteiger charge is -2.43. The highest BCUT2D eigenvalue weighted by Crippen LogP contribution is 2.37. The number of hydrogen-bond acceptors (Lipinski definition) is 3. The highest BCUT2D eigenvalue weighted by Gasteiger charge is 2.44. The summed E-state index contributed by atoms with van der Waals surface area (Å²) < 4.78 is 7.16. The second-order valence-corrected chi connectivity index (χ2v) is 8.90. The summed E-state index contributed by atoms with van der Waals surface area (Å²) in [7, 11) is 1.78. The van der Waals surface area contributed by atoms with Gasteiger partial charge in [-0.2, -0.15) is 0 Å². The monoisotopic (exact) mass is 480 g/mol. The lowest BCUT2D eigenvalue weighted by molar-refractivity contribution is -0.138. The van der Waals surface area contributed by atoms with Gasteiger partial charge in [0.1, 0.15) is 11.2 Å². The molecule has 2 heterocycles. The molecule has 1 aromatic heterocycles. The second-order valence-electron chi connectivity index (χ2n) is 7.71. The van der Waals surface area contributed by atoms with E-state index < -0.39 is 17.4 Å². The Morgan fingerprint density at radius 2 is 1.84 bits per heavy atom. The molecule has 4 rings (SSSR count). The van der Waals surface area contributed by atoms with E-state index in [0.717, 1.165) is 5.52 Å². The molecule has 31 heavy (non-hydrogen) atoms. The number of carboxylic acids is 1. The summed E-state index contributed by atoms with van der Waals surface area (Å²) in [6, 6.07) is 10.3. The molecule has 1 fully saturated rings. The van der Waals surface area contributed by atoms with Crippen LogP contribution in [0.2, 0.25) is 15.1 Å². The number of carbonyl (C=O) groups excluding carboxylic acids is 1. The summed E-state index contributed by atoms with van der Waals surface area (Å²) in [6.45, 7) is 2.10. The summed E-state index contributed by atoms with van der Waals surface area (Å²) in [5, 5.41) is 14.2. The van der Waals surface area contributed by atoms with Crippen LogP contribution >= 0.6 is 34.8 Å². The van der Waals surface area contributed by atoms with Crippen LogP contribution in [0.5, 0.6) is 0 Å². The number of carbonyl (C=O) groups is 2. The fourth-order valence-corrected chi connectivity index (χ4v) is 4.53. The number of hydrogen-bond donors (Lipinski definition) is 2. The van der Waals surface area contributed by atoms with Gasteiger partial charge in [-0.1, -0.05) is 46.9 Å². The molecule has 1 aliphatic heterocycles. The van der Waals surface area contributed by atoms with Crippen molar-refractivity contribution in [2.45, 2.75) is 18.4 Å². The number of fused-ring (bicyclic) bond motifs is 1. The molecule has 1 atom stereocenters. The minimum atomic E-state index is -0.937. The Hall–Kier alpha value is -2.25. The Morgan fingerprint density at radius 3 is 2.42 bits per heavy atom. The number of aliphatic carboxylic acids is 1. The van der Waals surface area contributed by atoms with E-state index in [1.807, 2.05) is 6.07 Å². The van der Waals surface area contributed by atoms with Crippen molar-refractivity contribution in [1.29, 1.82) is 0 Å². The molecule has 0 aliphatic carbocycles. The summed E-state index contributed by atoms with van der Waals surface area (Å²) in [5.74, 6) is -1.94. The molecule has 1 saturated heterocycles. The zero-order chi connectivity index (χ0) is 22.5. The molecular formula is C22H19Cl3N2O4. The number of aromatic nitrogens is 1. The van der Waals surface area contributed by atoms with Gasteiger partial charge < -0.3 is 19.7 Å². The summed E-state index contributed by atoms with van der Waals surface area (Å²) in [4.78, 5) is 24.5. The highest BCUT2D eigenvalue weighted by molar-refractivity contribution is 6.45. The highest BCUT2D eigenvalue weighted by atomic mass is 35.5. The van der Waals surface area contributed by atoms with E-state index in [1.54, 1.807) is 48.9 Å². The van der Waals surface area contributed by atoms with Crippen molar-refractivity contribution in [1.82, 2.24) is 9.88 Å². The average molecular weight is 482 g/mol. The van der Waals surface area contributed by atoms with Crippen molar-refractivity contribution in [2.75, 3.05) is 13.2 Å². The van der Waals surface area contributed by atoms with Crippen molar-refractivity contribution in [3.05, 3.63) is 68.3 Å². The first-order chi connectivity index (χ1) is 14.6. The maximum atomic E-state index is 13.2. The molecule has 6 nitrogen and oxygen atoms in total. The quantitative estimate of drug-likeness (QED) is 0.538. The third kappa shape index (κ3) is 3.68. The number of nitrogens with one attached hydrogen (secondary N) is 1. The van der Waals surface area contributed by atoms with E-state index in [-0.39, 0.29) is 19.1 Å². The molecule has 162 valence electrons. The van der Waals surface area contributed by atoms with Crippen LogP contribution in [-0.2, 0) is 22.1 Å². The molecule has 0 saturated carbocycles. The maximum absolute atomic E-state index is 13.2. The molecule has 0 radical (unpaired) electrons. The van der Waals surface area contributed by atoms with Crippen LogP contribution in [0.3, 0.4) is 0 Å². The smallest absolute Gasteiger partial charge is 0.310 e. The minimum Gasteiger partial charge on any atom is -0.481 e. The predicted molar refractivity (Wildman–Crippen MR) is 120 cm³/mol. The number of carboxylic acid groups (broad SMARTS) is 1. The Balaban J connectivity index is 1.67. The Bertz CT molecular complexity index is 1220. The number of ether oxygens (including phenoxy) is 1. The molecule has 0 bridgehead atoms. The Labute approximate surface area is 193 Å². The first-order valence-corrected chi connectivity index (χ1v) is 10.6. The van der Waals surface area contributed by atoms with Crippen molar-refractivity contribution in [2.24, 2.45) is 7.05 Å². The summed E-state index contributed by atoms with van der Waals surface area (Å²) >= 11 is 18.9. The van der Waals surface area contributed by atoms with Crippen LogP contribution in [-0.4, -0.2) is 34.8 Å². The normalized spacial score (nSPS) is 16.0. The van der Waals surface area contributed by atoms with E-state index in [0.29, 0.717) is 37.3 Å². The number of halogens is 3. The van der Waals surface area contributed by atoms with Gasteiger partial charge in [0.2, 0.25) is 0 Å². The van der Waals surface area contributed by atoms with E-state index in [9.17, 15) is 14.7 Å². The Morgan fingerprint density at radius 1 is 1.13 bits per heavy atom. The number of rotatable bonds is 5. The zero-order valence-electron chi connectivity index (χ0n) is 16.7. The summed E-state index contributed by atoms with van der Waals surface area (Å²) in [6.07, 6.45) is 0. The van der Waals surface area contributed by atoms with Crippen molar-refractivity contribution in [3.63, 3.8) is 0 Å².